The van der Waals surface area contributed by atoms with Gasteiger partial charge in [0.25, 0.3) is 0 Å². The minimum absolute atomic E-state index is 0.516. The van der Waals surface area contributed by atoms with Crippen molar-refractivity contribution < 1.29 is 18.3 Å². The first-order chi connectivity index (χ1) is 9.91. The number of rotatable bonds is 1. The van der Waals surface area contributed by atoms with Gasteiger partial charge in [0.2, 0.25) is 0 Å². The molecule has 21 heavy (non-hydrogen) atoms. The number of hydrogen-bond donors (Lipinski definition) is 1. The number of aliphatic hydroxyl groups is 1. The second-order valence-corrected chi connectivity index (χ2v) is 5.45. The molecule has 0 saturated carbocycles. The molecule has 1 N–H and O–H groups in total. The molecule has 2 aromatic rings. The number of hydrogen-bond acceptors (Lipinski definition) is 1. The van der Waals surface area contributed by atoms with Gasteiger partial charge in [-0.2, -0.15) is 13.2 Å². The molecule has 0 bridgehead atoms. The van der Waals surface area contributed by atoms with Crippen molar-refractivity contribution in [2.24, 2.45) is 0 Å². The molecule has 0 amide bonds. The van der Waals surface area contributed by atoms with Crippen molar-refractivity contribution in [1.82, 2.24) is 0 Å². The lowest BCUT2D eigenvalue weighted by atomic mass is 9.75. The van der Waals surface area contributed by atoms with Crippen molar-refractivity contribution in [2.45, 2.75) is 31.0 Å². The molecule has 0 spiro atoms. The van der Waals surface area contributed by atoms with Crippen molar-refractivity contribution in [2.75, 3.05) is 0 Å². The van der Waals surface area contributed by atoms with Gasteiger partial charge in [0.15, 0.2) is 0 Å². The summed E-state index contributed by atoms with van der Waals surface area (Å²) >= 11 is 0. The van der Waals surface area contributed by atoms with E-state index in [1.54, 1.807) is 0 Å². The van der Waals surface area contributed by atoms with Gasteiger partial charge in [0.1, 0.15) is 5.60 Å². The number of benzene rings is 2. The van der Waals surface area contributed by atoms with E-state index in [4.69, 9.17) is 0 Å². The maximum atomic E-state index is 12.6. The van der Waals surface area contributed by atoms with Gasteiger partial charge >= 0.3 is 6.18 Å². The fourth-order valence-corrected chi connectivity index (χ4v) is 3.05. The van der Waals surface area contributed by atoms with Gasteiger partial charge in [-0.25, -0.2) is 0 Å². The SMILES string of the molecule is OC1(c2ccc(C(F)(F)F)cc2)CCCc2ccccc21. The minimum atomic E-state index is -4.36. The van der Waals surface area contributed by atoms with E-state index in [-0.39, 0.29) is 0 Å². The van der Waals surface area contributed by atoms with Crippen molar-refractivity contribution in [3.63, 3.8) is 0 Å². The van der Waals surface area contributed by atoms with Crippen LogP contribution in [0.2, 0.25) is 0 Å². The van der Waals surface area contributed by atoms with Crippen LogP contribution in [0, 0.1) is 0 Å². The van der Waals surface area contributed by atoms with Crippen LogP contribution < -0.4 is 0 Å². The summed E-state index contributed by atoms with van der Waals surface area (Å²) in [5, 5.41) is 11.0. The van der Waals surface area contributed by atoms with Crippen LogP contribution in [0.1, 0.15) is 35.1 Å². The second-order valence-electron chi connectivity index (χ2n) is 5.45. The molecule has 0 radical (unpaired) electrons. The molecular weight excluding hydrogens is 277 g/mol. The quantitative estimate of drug-likeness (QED) is 0.832. The summed E-state index contributed by atoms with van der Waals surface area (Å²) in [6.07, 6.45) is -2.13. The topological polar surface area (TPSA) is 20.2 Å². The van der Waals surface area contributed by atoms with Crippen molar-refractivity contribution in [1.29, 1.82) is 0 Å². The molecule has 3 rings (SSSR count). The summed E-state index contributed by atoms with van der Waals surface area (Å²) in [4.78, 5) is 0. The van der Waals surface area contributed by atoms with Gasteiger partial charge in [-0.05, 0) is 48.1 Å². The molecule has 0 fully saturated rings. The van der Waals surface area contributed by atoms with Crippen LogP contribution >= 0.6 is 0 Å². The first-order valence-electron chi connectivity index (χ1n) is 6.90. The fourth-order valence-electron chi connectivity index (χ4n) is 3.05. The number of halogens is 3. The zero-order valence-corrected chi connectivity index (χ0v) is 11.3. The van der Waals surface area contributed by atoms with Crippen LogP contribution in [-0.4, -0.2) is 5.11 Å². The number of alkyl halides is 3. The van der Waals surface area contributed by atoms with Gasteiger partial charge in [0.05, 0.1) is 5.56 Å². The fraction of sp³-hybridized carbons (Fsp3) is 0.294. The molecule has 1 atom stereocenters. The molecule has 2 aromatic carbocycles. The van der Waals surface area contributed by atoms with E-state index in [1.807, 2.05) is 24.3 Å². The molecule has 1 aliphatic carbocycles. The molecule has 1 unspecified atom stereocenters. The van der Waals surface area contributed by atoms with E-state index < -0.39 is 17.3 Å². The highest BCUT2D eigenvalue weighted by atomic mass is 19.4. The monoisotopic (exact) mass is 292 g/mol. The highest BCUT2D eigenvalue weighted by molar-refractivity contribution is 5.43. The molecule has 0 heterocycles. The second kappa shape index (κ2) is 4.88. The number of fused-ring (bicyclic) bond motifs is 1. The Labute approximate surface area is 121 Å². The highest BCUT2D eigenvalue weighted by Gasteiger charge is 2.37. The Balaban J connectivity index is 2.04. The van der Waals surface area contributed by atoms with Gasteiger partial charge in [-0.1, -0.05) is 36.4 Å². The summed E-state index contributed by atoms with van der Waals surface area (Å²) in [5.74, 6) is 0. The van der Waals surface area contributed by atoms with Crippen molar-refractivity contribution in [3.05, 3.63) is 70.8 Å². The van der Waals surface area contributed by atoms with Crippen molar-refractivity contribution >= 4 is 0 Å². The molecule has 1 aliphatic rings. The van der Waals surface area contributed by atoms with Gasteiger partial charge in [0, 0.05) is 0 Å². The maximum absolute atomic E-state index is 12.6. The minimum Gasteiger partial charge on any atom is -0.380 e. The predicted molar refractivity (Wildman–Crippen MR) is 73.8 cm³/mol. The Morgan fingerprint density at radius 3 is 2.29 bits per heavy atom. The van der Waals surface area contributed by atoms with Crippen LogP contribution in [0.25, 0.3) is 0 Å². The maximum Gasteiger partial charge on any atom is 0.416 e. The van der Waals surface area contributed by atoms with Crippen LogP contribution in [0.3, 0.4) is 0 Å². The molecule has 0 aliphatic heterocycles. The first-order valence-corrected chi connectivity index (χ1v) is 6.90. The highest BCUT2D eigenvalue weighted by Crippen LogP contribution is 2.41. The largest absolute Gasteiger partial charge is 0.416 e. The predicted octanol–water partition coefficient (Wildman–Crippen LogP) is 4.28. The molecule has 0 aromatic heterocycles. The molecule has 110 valence electrons. The standard InChI is InChI=1S/C17H15F3O/c18-17(19,20)14-9-7-13(8-10-14)16(21)11-3-5-12-4-1-2-6-15(12)16/h1-2,4,6-10,21H,3,5,11H2. The summed E-state index contributed by atoms with van der Waals surface area (Å²) in [6.45, 7) is 0. The van der Waals surface area contributed by atoms with Gasteiger partial charge < -0.3 is 5.11 Å². The molecular formula is C17H15F3O. The Morgan fingerprint density at radius 2 is 1.62 bits per heavy atom. The summed E-state index contributed by atoms with van der Waals surface area (Å²) in [6, 6.07) is 12.4. The van der Waals surface area contributed by atoms with Crippen molar-refractivity contribution in [3.8, 4) is 0 Å². The number of aryl methyl sites for hydroxylation is 1. The van der Waals surface area contributed by atoms with E-state index >= 15 is 0 Å². The average Bonchev–Trinajstić information content (AvgIpc) is 2.47. The lowest BCUT2D eigenvalue weighted by Gasteiger charge is -2.35. The van der Waals surface area contributed by atoms with E-state index in [0.29, 0.717) is 12.0 Å². The van der Waals surface area contributed by atoms with Crippen LogP contribution in [0.4, 0.5) is 13.2 Å². The molecule has 4 heteroatoms. The lowest BCUT2D eigenvalue weighted by molar-refractivity contribution is -0.137. The first kappa shape index (κ1) is 14.1. The summed E-state index contributed by atoms with van der Waals surface area (Å²) in [5.41, 5.74) is 0.489. The van der Waals surface area contributed by atoms with E-state index in [9.17, 15) is 18.3 Å². The van der Waals surface area contributed by atoms with E-state index in [0.717, 1.165) is 36.1 Å². The van der Waals surface area contributed by atoms with E-state index in [2.05, 4.69) is 0 Å². The van der Waals surface area contributed by atoms with Crippen LogP contribution in [0.15, 0.2) is 48.5 Å². The van der Waals surface area contributed by atoms with Gasteiger partial charge in [-0.3, -0.25) is 0 Å². The average molecular weight is 292 g/mol. The Kier molecular flexibility index (Phi) is 3.29. The van der Waals surface area contributed by atoms with Gasteiger partial charge in [-0.15, -0.1) is 0 Å². The third-order valence-electron chi connectivity index (χ3n) is 4.14. The van der Waals surface area contributed by atoms with E-state index in [1.165, 1.54) is 12.1 Å². The third-order valence-corrected chi connectivity index (χ3v) is 4.14. The molecule has 0 saturated heterocycles. The Hall–Kier alpha value is -1.81. The van der Waals surface area contributed by atoms with Crippen LogP contribution in [-0.2, 0) is 18.2 Å². The summed E-state index contributed by atoms with van der Waals surface area (Å²) < 4.78 is 37.9. The normalized spacial score (nSPS) is 21.9. The third kappa shape index (κ3) is 2.44. The zero-order chi connectivity index (χ0) is 15.1. The molecule has 1 nitrogen and oxygen atoms in total. The smallest absolute Gasteiger partial charge is 0.380 e. The summed E-state index contributed by atoms with van der Waals surface area (Å²) in [7, 11) is 0. The van der Waals surface area contributed by atoms with Crippen LogP contribution in [0.5, 0.6) is 0 Å². The Morgan fingerprint density at radius 1 is 0.952 bits per heavy atom. The zero-order valence-electron chi connectivity index (χ0n) is 11.3. The lowest BCUT2D eigenvalue weighted by Crippen LogP contribution is -2.31. The Bertz CT molecular complexity index is 646.